The van der Waals surface area contributed by atoms with Gasteiger partial charge < -0.3 is 0 Å². The maximum atomic E-state index is 13.2. The molecule has 1 rings (SSSR count). The lowest BCUT2D eigenvalue weighted by molar-refractivity contribution is 0.112. The van der Waals surface area contributed by atoms with Crippen LogP contribution in [0.3, 0.4) is 0 Å². The molecule has 0 atom stereocenters. The second-order valence-electron chi connectivity index (χ2n) is 2.60. The lowest BCUT2D eigenvalue weighted by Crippen LogP contribution is -1.91. The Labute approximate surface area is 87.7 Å². The number of hydrogen-bond donors (Lipinski definition) is 1. The standard InChI is InChI=1S/C11H9FOS/c12-11-6-3-4-9(8-13)10(11)5-1-2-7-14/h3-4,6,8,14H,2,7H2. The van der Waals surface area contributed by atoms with Gasteiger partial charge in [0.15, 0.2) is 6.29 Å². The second kappa shape index (κ2) is 5.46. The SMILES string of the molecule is O=Cc1cccc(F)c1C#CCCS. The minimum atomic E-state index is -0.457. The van der Waals surface area contributed by atoms with Gasteiger partial charge in [-0.15, -0.1) is 0 Å². The van der Waals surface area contributed by atoms with E-state index in [2.05, 4.69) is 24.5 Å². The van der Waals surface area contributed by atoms with Gasteiger partial charge in [0.2, 0.25) is 0 Å². The number of thiol groups is 1. The highest BCUT2D eigenvalue weighted by Crippen LogP contribution is 2.10. The van der Waals surface area contributed by atoms with Crippen molar-refractivity contribution in [2.24, 2.45) is 0 Å². The molecule has 0 spiro atoms. The van der Waals surface area contributed by atoms with E-state index >= 15 is 0 Å². The summed E-state index contributed by atoms with van der Waals surface area (Å²) in [5.74, 6) is 5.54. The summed E-state index contributed by atoms with van der Waals surface area (Å²) in [4.78, 5) is 10.6. The zero-order valence-electron chi connectivity index (χ0n) is 7.46. The molecule has 0 fully saturated rings. The van der Waals surface area contributed by atoms with Crippen molar-refractivity contribution in [3.8, 4) is 11.8 Å². The average Bonchev–Trinajstić information content (AvgIpc) is 2.20. The van der Waals surface area contributed by atoms with Gasteiger partial charge >= 0.3 is 0 Å². The fourth-order valence-electron chi connectivity index (χ4n) is 0.978. The van der Waals surface area contributed by atoms with E-state index in [-0.39, 0.29) is 11.1 Å². The van der Waals surface area contributed by atoms with E-state index in [0.29, 0.717) is 18.5 Å². The summed E-state index contributed by atoms with van der Waals surface area (Å²) >= 11 is 3.98. The molecule has 0 aromatic heterocycles. The third-order valence-electron chi connectivity index (χ3n) is 1.62. The molecule has 72 valence electrons. The summed E-state index contributed by atoms with van der Waals surface area (Å²) in [5.41, 5.74) is 0.459. The molecule has 0 saturated heterocycles. The highest BCUT2D eigenvalue weighted by atomic mass is 32.1. The van der Waals surface area contributed by atoms with Gasteiger partial charge in [0, 0.05) is 17.7 Å². The van der Waals surface area contributed by atoms with Crippen LogP contribution in [0.5, 0.6) is 0 Å². The smallest absolute Gasteiger partial charge is 0.151 e. The van der Waals surface area contributed by atoms with Crippen molar-refractivity contribution in [3.05, 3.63) is 35.1 Å². The van der Waals surface area contributed by atoms with Crippen molar-refractivity contribution in [2.45, 2.75) is 6.42 Å². The quantitative estimate of drug-likeness (QED) is 0.448. The van der Waals surface area contributed by atoms with Crippen molar-refractivity contribution in [1.82, 2.24) is 0 Å². The highest BCUT2D eigenvalue weighted by molar-refractivity contribution is 7.80. The number of hydrogen-bond acceptors (Lipinski definition) is 2. The van der Waals surface area contributed by atoms with E-state index in [1.165, 1.54) is 12.1 Å². The number of aldehydes is 1. The topological polar surface area (TPSA) is 17.1 Å². The van der Waals surface area contributed by atoms with Crippen molar-refractivity contribution < 1.29 is 9.18 Å². The van der Waals surface area contributed by atoms with Crippen LogP contribution in [-0.4, -0.2) is 12.0 Å². The van der Waals surface area contributed by atoms with E-state index in [0.717, 1.165) is 0 Å². The molecule has 0 aliphatic heterocycles. The Bertz CT molecular complexity index is 390. The van der Waals surface area contributed by atoms with Gasteiger partial charge in [-0.25, -0.2) is 4.39 Å². The number of benzene rings is 1. The lowest BCUT2D eigenvalue weighted by Gasteiger charge is -1.96. The Hall–Kier alpha value is -1.27. The first kappa shape index (κ1) is 10.8. The molecule has 0 saturated carbocycles. The first-order valence-corrected chi connectivity index (χ1v) is 4.76. The summed E-state index contributed by atoms with van der Waals surface area (Å²) in [5, 5.41) is 0. The highest BCUT2D eigenvalue weighted by Gasteiger charge is 2.03. The molecule has 0 aliphatic carbocycles. The Morgan fingerprint density at radius 3 is 2.93 bits per heavy atom. The van der Waals surface area contributed by atoms with Crippen LogP contribution in [0.2, 0.25) is 0 Å². The van der Waals surface area contributed by atoms with Crippen LogP contribution < -0.4 is 0 Å². The van der Waals surface area contributed by atoms with Crippen LogP contribution in [0, 0.1) is 17.7 Å². The number of halogens is 1. The summed E-state index contributed by atoms with van der Waals surface area (Å²) < 4.78 is 13.2. The minimum absolute atomic E-state index is 0.171. The normalized spacial score (nSPS) is 9.00. The molecular weight excluding hydrogens is 199 g/mol. The monoisotopic (exact) mass is 208 g/mol. The Balaban J connectivity index is 3.06. The molecule has 0 amide bonds. The summed E-state index contributed by atoms with van der Waals surface area (Å²) in [7, 11) is 0. The van der Waals surface area contributed by atoms with Crippen LogP contribution in [0.25, 0.3) is 0 Å². The number of carbonyl (C=O) groups is 1. The molecule has 0 radical (unpaired) electrons. The first-order chi connectivity index (χ1) is 6.79. The van der Waals surface area contributed by atoms with Gasteiger partial charge in [-0.1, -0.05) is 24.0 Å². The van der Waals surface area contributed by atoms with E-state index < -0.39 is 5.82 Å². The second-order valence-corrected chi connectivity index (χ2v) is 3.04. The molecule has 0 unspecified atom stereocenters. The van der Waals surface area contributed by atoms with Gasteiger partial charge in [0.05, 0.1) is 5.56 Å². The van der Waals surface area contributed by atoms with Crippen molar-refractivity contribution in [2.75, 3.05) is 5.75 Å². The van der Waals surface area contributed by atoms with Gasteiger partial charge in [0.25, 0.3) is 0 Å². The molecule has 1 aromatic carbocycles. The third-order valence-corrected chi connectivity index (χ3v) is 1.85. The van der Waals surface area contributed by atoms with Crippen molar-refractivity contribution >= 4 is 18.9 Å². The zero-order valence-corrected chi connectivity index (χ0v) is 8.35. The lowest BCUT2D eigenvalue weighted by atomic mass is 10.1. The Kier molecular flexibility index (Phi) is 4.21. The van der Waals surface area contributed by atoms with Gasteiger partial charge in [-0.2, -0.15) is 12.6 Å². The number of rotatable bonds is 2. The summed E-state index contributed by atoms with van der Waals surface area (Å²) in [6.45, 7) is 0. The Morgan fingerprint density at radius 1 is 1.50 bits per heavy atom. The van der Waals surface area contributed by atoms with Crippen LogP contribution in [0.15, 0.2) is 18.2 Å². The maximum Gasteiger partial charge on any atom is 0.151 e. The molecule has 3 heteroatoms. The number of carbonyl (C=O) groups excluding carboxylic acids is 1. The largest absolute Gasteiger partial charge is 0.298 e. The van der Waals surface area contributed by atoms with Crippen LogP contribution in [-0.2, 0) is 0 Å². The summed E-state index contributed by atoms with van der Waals surface area (Å²) in [6, 6.07) is 4.32. The van der Waals surface area contributed by atoms with Crippen LogP contribution in [0.4, 0.5) is 4.39 Å². The molecule has 0 bridgehead atoms. The minimum Gasteiger partial charge on any atom is -0.298 e. The fraction of sp³-hybridized carbons (Fsp3) is 0.182. The van der Waals surface area contributed by atoms with Gasteiger partial charge in [-0.3, -0.25) is 4.79 Å². The molecule has 14 heavy (non-hydrogen) atoms. The zero-order chi connectivity index (χ0) is 10.4. The van der Waals surface area contributed by atoms with Crippen LogP contribution >= 0.6 is 12.6 Å². The Morgan fingerprint density at radius 2 is 2.29 bits per heavy atom. The van der Waals surface area contributed by atoms with Gasteiger partial charge in [-0.05, 0) is 6.07 Å². The molecule has 0 N–H and O–H groups in total. The fourth-order valence-corrected chi connectivity index (χ4v) is 1.09. The molecule has 0 aliphatic rings. The van der Waals surface area contributed by atoms with Crippen LogP contribution in [0.1, 0.15) is 22.3 Å². The van der Waals surface area contributed by atoms with E-state index in [1.54, 1.807) is 6.07 Å². The predicted molar refractivity (Wildman–Crippen MR) is 57.1 cm³/mol. The molecule has 1 nitrogen and oxygen atoms in total. The maximum absolute atomic E-state index is 13.2. The van der Waals surface area contributed by atoms with Crippen molar-refractivity contribution in [1.29, 1.82) is 0 Å². The third kappa shape index (κ3) is 2.61. The molecule has 1 aromatic rings. The van der Waals surface area contributed by atoms with Gasteiger partial charge in [0.1, 0.15) is 5.82 Å². The average molecular weight is 208 g/mol. The summed E-state index contributed by atoms with van der Waals surface area (Å²) in [6.07, 6.45) is 1.18. The van der Waals surface area contributed by atoms with E-state index in [1.807, 2.05) is 0 Å². The van der Waals surface area contributed by atoms with E-state index in [4.69, 9.17) is 0 Å². The molecule has 0 heterocycles. The van der Waals surface area contributed by atoms with Crippen molar-refractivity contribution in [3.63, 3.8) is 0 Å². The van der Waals surface area contributed by atoms with E-state index in [9.17, 15) is 9.18 Å². The first-order valence-electron chi connectivity index (χ1n) is 4.13. The molecular formula is C11H9FOS. The predicted octanol–water partition coefficient (Wildman–Crippen LogP) is 2.31.